The molecule has 0 aliphatic heterocycles. The fraction of sp³-hybridized carbons (Fsp3) is 0.231. The molecular weight excluding hydrogens is 262 g/mol. The quantitative estimate of drug-likeness (QED) is 0.928. The number of hydrogen-bond donors (Lipinski definition) is 1. The van der Waals surface area contributed by atoms with Gasteiger partial charge in [-0.05, 0) is 56.3 Å². The summed E-state index contributed by atoms with van der Waals surface area (Å²) in [5.41, 5.74) is 2.52. The Bertz CT molecular complexity index is 627. The van der Waals surface area contributed by atoms with E-state index in [0.29, 0.717) is 15.6 Å². The third-order valence-corrected chi connectivity index (χ3v) is 3.42. The topological polar surface area (TPSA) is 76.0 Å². The Balaban J connectivity index is 2.44. The van der Waals surface area contributed by atoms with Crippen LogP contribution in [0.3, 0.4) is 0 Å². The molecule has 0 aliphatic rings. The van der Waals surface area contributed by atoms with Gasteiger partial charge in [0.1, 0.15) is 10.1 Å². The van der Waals surface area contributed by atoms with Crippen LogP contribution in [0.2, 0.25) is 0 Å². The second kappa shape index (κ2) is 5.36. The van der Waals surface area contributed by atoms with E-state index < -0.39 is 5.97 Å². The van der Waals surface area contributed by atoms with Gasteiger partial charge in [-0.2, -0.15) is 5.10 Å². The lowest BCUT2D eigenvalue weighted by Gasteiger charge is -2.08. The smallest absolute Gasteiger partial charge is 0.338 e. The minimum Gasteiger partial charge on any atom is -0.478 e. The van der Waals surface area contributed by atoms with Gasteiger partial charge in [-0.1, -0.05) is 0 Å². The van der Waals surface area contributed by atoms with Crippen LogP contribution in [0.25, 0.3) is 0 Å². The van der Waals surface area contributed by atoms with Crippen molar-refractivity contribution in [2.75, 3.05) is 0 Å². The summed E-state index contributed by atoms with van der Waals surface area (Å²) in [4.78, 5) is 15.6. The molecule has 0 spiro atoms. The van der Waals surface area contributed by atoms with Gasteiger partial charge in [0, 0.05) is 5.69 Å². The van der Waals surface area contributed by atoms with Gasteiger partial charge in [0.2, 0.25) is 0 Å². The fourth-order valence-corrected chi connectivity index (χ4v) is 2.63. The lowest BCUT2D eigenvalue weighted by Crippen LogP contribution is -2.05. The number of aromatic nitrogens is 3. The molecule has 0 amide bonds. The predicted molar refractivity (Wildman–Crippen MR) is 71.6 cm³/mol. The second-order valence-corrected chi connectivity index (χ2v) is 5.19. The Morgan fingerprint density at radius 2 is 1.89 bits per heavy atom. The highest BCUT2D eigenvalue weighted by atomic mass is 32.2. The molecule has 0 bridgehead atoms. The van der Waals surface area contributed by atoms with Gasteiger partial charge in [-0.3, -0.25) is 0 Å². The SMILES string of the molecule is Cc1ccc(Sc2nc(C)cc(C)c2C(=O)O)nn1. The van der Waals surface area contributed by atoms with E-state index in [1.807, 2.05) is 19.9 Å². The molecule has 2 rings (SSSR count). The average molecular weight is 275 g/mol. The monoisotopic (exact) mass is 275 g/mol. The number of carboxylic acids is 1. The Hall–Kier alpha value is -1.95. The van der Waals surface area contributed by atoms with Crippen LogP contribution in [0, 0.1) is 20.8 Å². The zero-order valence-corrected chi connectivity index (χ0v) is 11.7. The van der Waals surface area contributed by atoms with E-state index in [-0.39, 0.29) is 5.56 Å². The zero-order chi connectivity index (χ0) is 14.0. The average Bonchev–Trinajstić information content (AvgIpc) is 2.30. The number of aryl methyl sites for hydroxylation is 3. The van der Waals surface area contributed by atoms with Crippen molar-refractivity contribution >= 4 is 17.7 Å². The minimum absolute atomic E-state index is 0.220. The van der Waals surface area contributed by atoms with Crippen molar-refractivity contribution in [3.05, 3.63) is 40.7 Å². The van der Waals surface area contributed by atoms with Gasteiger partial charge in [0.15, 0.2) is 0 Å². The third kappa shape index (κ3) is 3.08. The first-order valence-corrected chi connectivity index (χ1v) is 6.48. The summed E-state index contributed by atoms with van der Waals surface area (Å²) in [6, 6.07) is 5.39. The summed E-state index contributed by atoms with van der Waals surface area (Å²) < 4.78 is 0. The van der Waals surface area contributed by atoms with Crippen LogP contribution in [0.5, 0.6) is 0 Å². The van der Waals surface area contributed by atoms with Gasteiger partial charge in [-0.25, -0.2) is 9.78 Å². The summed E-state index contributed by atoms with van der Waals surface area (Å²) in [5, 5.41) is 18.3. The molecule has 98 valence electrons. The molecule has 0 aromatic carbocycles. The first-order chi connectivity index (χ1) is 8.97. The van der Waals surface area contributed by atoms with Crippen molar-refractivity contribution in [3.8, 4) is 0 Å². The van der Waals surface area contributed by atoms with E-state index in [9.17, 15) is 9.90 Å². The largest absolute Gasteiger partial charge is 0.478 e. The molecule has 0 unspecified atom stereocenters. The molecule has 6 heteroatoms. The fourth-order valence-electron chi connectivity index (χ4n) is 1.68. The van der Waals surface area contributed by atoms with E-state index in [4.69, 9.17) is 0 Å². The highest BCUT2D eigenvalue weighted by Crippen LogP contribution is 2.29. The van der Waals surface area contributed by atoms with Gasteiger partial charge in [0.05, 0.1) is 11.3 Å². The van der Waals surface area contributed by atoms with E-state index >= 15 is 0 Å². The second-order valence-electron chi connectivity index (χ2n) is 4.18. The summed E-state index contributed by atoms with van der Waals surface area (Å²) >= 11 is 1.21. The Labute approximate surface area is 115 Å². The number of rotatable bonds is 3. The van der Waals surface area contributed by atoms with Gasteiger partial charge < -0.3 is 5.11 Å². The van der Waals surface area contributed by atoms with Crippen molar-refractivity contribution in [2.45, 2.75) is 30.8 Å². The molecule has 0 aliphatic carbocycles. The standard InChI is InChI=1S/C13H13N3O2S/c1-7-6-9(3)14-12(11(7)13(17)18)19-10-5-4-8(2)15-16-10/h4-6H,1-3H3,(H,17,18). The number of carboxylic acid groups (broad SMARTS) is 1. The van der Waals surface area contributed by atoms with Gasteiger partial charge in [0.25, 0.3) is 0 Å². The van der Waals surface area contributed by atoms with Crippen molar-refractivity contribution in [1.82, 2.24) is 15.2 Å². The van der Waals surface area contributed by atoms with Crippen LogP contribution >= 0.6 is 11.8 Å². The molecule has 5 nitrogen and oxygen atoms in total. The van der Waals surface area contributed by atoms with Crippen LogP contribution in [-0.4, -0.2) is 26.3 Å². The van der Waals surface area contributed by atoms with Crippen LogP contribution in [0.4, 0.5) is 0 Å². The molecule has 0 atom stereocenters. The molecule has 1 N–H and O–H groups in total. The number of carbonyl (C=O) groups is 1. The number of hydrogen-bond acceptors (Lipinski definition) is 5. The Morgan fingerprint density at radius 1 is 1.16 bits per heavy atom. The van der Waals surface area contributed by atoms with Gasteiger partial charge >= 0.3 is 5.97 Å². The maximum Gasteiger partial charge on any atom is 0.338 e. The maximum absolute atomic E-state index is 11.3. The van der Waals surface area contributed by atoms with Crippen LogP contribution in [-0.2, 0) is 0 Å². The Kier molecular flexibility index (Phi) is 3.80. The zero-order valence-electron chi connectivity index (χ0n) is 10.8. The molecule has 2 heterocycles. The maximum atomic E-state index is 11.3. The van der Waals surface area contributed by atoms with Crippen molar-refractivity contribution in [1.29, 1.82) is 0 Å². The molecule has 0 saturated carbocycles. The summed E-state index contributed by atoms with van der Waals surface area (Å²) in [6.07, 6.45) is 0. The van der Waals surface area contributed by atoms with E-state index in [2.05, 4.69) is 15.2 Å². The summed E-state index contributed by atoms with van der Waals surface area (Å²) in [6.45, 7) is 5.45. The third-order valence-electron chi connectivity index (χ3n) is 2.50. The highest BCUT2D eigenvalue weighted by molar-refractivity contribution is 7.99. The summed E-state index contributed by atoms with van der Waals surface area (Å²) in [7, 11) is 0. The lowest BCUT2D eigenvalue weighted by molar-refractivity contribution is 0.0691. The number of aromatic carboxylic acids is 1. The van der Waals surface area contributed by atoms with Gasteiger partial charge in [-0.15, -0.1) is 5.10 Å². The first-order valence-electron chi connectivity index (χ1n) is 5.67. The van der Waals surface area contributed by atoms with Crippen LogP contribution in [0.1, 0.15) is 27.3 Å². The number of pyridine rings is 1. The minimum atomic E-state index is -0.979. The van der Waals surface area contributed by atoms with E-state index in [0.717, 1.165) is 11.4 Å². The molecule has 2 aromatic heterocycles. The van der Waals surface area contributed by atoms with E-state index in [1.165, 1.54) is 11.8 Å². The lowest BCUT2D eigenvalue weighted by atomic mass is 10.1. The molecule has 19 heavy (non-hydrogen) atoms. The molecule has 0 radical (unpaired) electrons. The van der Waals surface area contributed by atoms with Crippen molar-refractivity contribution in [2.24, 2.45) is 0 Å². The van der Waals surface area contributed by atoms with Crippen LogP contribution in [0.15, 0.2) is 28.3 Å². The summed E-state index contributed by atoms with van der Waals surface area (Å²) in [5.74, 6) is -0.979. The van der Waals surface area contributed by atoms with E-state index in [1.54, 1.807) is 19.1 Å². The van der Waals surface area contributed by atoms with Crippen molar-refractivity contribution < 1.29 is 9.90 Å². The number of nitrogens with zero attached hydrogens (tertiary/aromatic N) is 3. The normalized spacial score (nSPS) is 10.5. The van der Waals surface area contributed by atoms with Crippen molar-refractivity contribution in [3.63, 3.8) is 0 Å². The molecule has 0 saturated heterocycles. The molecular formula is C13H13N3O2S. The first kappa shape index (κ1) is 13.5. The highest BCUT2D eigenvalue weighted by Gasteiger charge is 2.17. The van der Waals surface area contributed by atoms with Crippen LogP contribution < -0.4 is 0 Å². The Morgan fingerprint density at radius 3 is 2.47 bits per heavy atom. The molecule has 2 aromatic rings. The molecule has 0 fully saturated rings. The predicted octanol–water partition coefficient (Wildman–Crippen LogP) is 2.65.